The van der Waals surface area contributed by atoms with E-state index >= 15 is 0 Å². The van der Waals surface area contributed by atoms with Gasteiger partial charge in [-0.1, -0.05) is 23.9 Å². The van der Waals surface area contributed by atoms with Gasteiger partial charge in [0.1, 0.15) is 0 Å². The van der Waals surface area contributed by atoms with Crippen molar-refractivity contribution in [3.05, 3.63) is 29.3 Å². The highest BCUT2D eigenvalue weighted by Gasteiger charge is 2.21. The number of thioether (sulfide) groups is 1. The number of nitrogens with zero attached hydrogens (tertiary/aromatic N) is 4. The van der Waals surface area contributed by atoms with Gasteiger partial charge in [0.15, 0.2) is 0 Å². The van der Waals surface area contributed by atoms with Gasteiger partial charge in [-0.25, -0.2) is 4.79 Å². The van der Waals surface area contributed by atoms with Crippen LogP contribution in [0.25, 0.3) is 5.69 Å². The van der Waals surface area contributed by atoms with Crippen molar-refractivity contribution >= 4 is 23.7 Å². The quantitative estimate of drug-likeness (QED) is 0.815. The highest BCUT2D eigenvalue weighted by molar-refractivity contribution is 8.00. The van der Waals surface area contributed by atoms with Crippen LogP contribution in [-0.4, -0.2) is 44.4 Å². The molecule has 0 fully saturated rings. The highest BCUT2D eigenvalue weighted by atomic mass is 32.2. The van der Waals surface area contributed by atoms with Crippen LogP contribution >= 0.6 is 11.8 Å². The van der Waals surface area contributed by atoms with Crippen LogP contribution in [0, 0.1) is 13.8 Å². The Labute approximate surface area is 138 Å². The lowest BCUT2D eigenvalue weighted by molar-refractivity contribution is -0.119. The Bertz CT molecular complexity index is 730. The van der Waals surface area contributed by atoms with Crippen molar-refractivity contribution in [1.29, 1.82) is 0 Å². The first kappa shape index (κ1) is 16.9. The summed E-state index contributed by atoms with van der Waals surface area (Å²) in [6.45, 7) is 5.64. The van der Waals surface area contributed by atoms with E-state index in [1.807, 2.05) is 32.0 Å². The summed E-state index contributed by atoms with van der Waals surface area (Å²) in [6.07, 6.45) is 0. The third kappa shape index (κ3) is 4.07. The summed E-state index contributed by atoms with van der Waals surface area (Å²) < 4.78 is 1.59. The van der Waals surface area contributed by atoms with Crippen LogP contribution in [0.3, 0.4) is 0 Å². The maximum atomic E-state index is 11.9. The van der Waals surface area contributed by atoms with E-state index in [-0.39, 0.29) is 0 Å². The second kappa shape index (κ2) is 7.23. The average Bonchev–Trinajstić information content (AvgIpc) is 2.97. The maximum Gasteiger partial charge on any atom is 0.321 e. The highest BCUT2D eigenvalue weighted by Crippen LogP contribution is 2.24. The van der Waals surface area contributed by atoms with Gasteiger partial charge >= 0.3 is 6.03 Å². The second-order valence-electron chi connectivity index (χ2n) is 4.99. The van der Waals surface area contributed by atoms with Crippen LogP contribution in [0.15, 0.2) is 23.4 Å². The van der Waals surface area contributed by atoms with Gasteiger partial charge in [0.2, 0.25) is 11.1 Å². The molecule has 2 N–H and O–H groups in total. The summed E-state index contributed by atoms with van der Waals surface area (Å²) in [6, 6.07) is 5.43. The number of imide groups is 1. The molecule has 1 aromatic heterocycles. The molecule has 23 heavy (non-hydrogen) atoms. The fraction of sp³-hybridized carbons (Fsp3) is 0.357. The van der Waals surface area contributed by atoms with Crippen molar-refractivity contribution in [2.75, 3.05) is 7.05 Å². The van der Waals surface area contributed by atoms with E-state index in [1.54, 1.807) is 11.6 Å². The molecule has 1 aromatic carbocycles. The van der Waals surface area contributed by atoms with E-state index in [2.05, 4.69) is 26.2 Å². The van der Waals surface area contributed by atoms with Gasteiger partial charge in [-0.2, -0.15) is 4.68 Å². The average molecular weight is 334 g/mol. The summed E-state index contributed by atoms with van der Waals surface area (Å²) in [5.41, 5.74) is 2.96. The number of carbonyl (C=O) groups is 2. The molecule has 0 saturated heterocycles. The Morgan fingerprint density at radius 1 is 1.30 bits per heavy atom. The number of rotatable bonds is 4. The zero-order chi connectivity index (χ0) is 17.0. The van der Waals surface area contributed by atoms with Gasteiger partial charge < -0.3 is 5.32 Å². The lowest BCUT2D eigenvalue weighted by Gasteiger charge is -2.12. The molecule has 2 rings (SSSR count). The fourth-order valence-electron chi connectivity index (χ4n) is 1.84. The normalized spacial score (nSPS) is 11.8. The molecule has 3 amide bonds. The van der Waals surface area contributed by atoms with Crippen LogP contribution in [-0.2, 0) is 4.79 Å². The summed E-state index contributed by atoms with van der Waals surface area (Å²) in [5, 5.41) is 16.2. The number of carbonyl (C=O) groups excluding carboxylic acids is 2. The van der Waals surface area contributed by atoms with Crippen LogP contribution < -0.4 is 10.6 Å². The van der Waals surface area contributed by atoms with E-state index in [1.165, 1.54) is 18.8 Å². The topological polar surface area (TPSA) is 102 Å². The number of nitrogens with one attached hydrogen (secondary N) is 2. The summed E-state index contributed by atoms with van der Waals surface area (Å²) >= 11 is 1.18. The molecule has 1 atom stereocenters. The first-order valence-corrected chi connectivity index (χ1v) is 7.85. The van der Waals surface area contributed by atoms with Crippen molar-refractivity contribution in [2.24, 2.45) is 0 Å². The van der Waals surface area contributed by atoms with E-state index in [0.29, 0.717) is 5.16 Å². The molecule has 122 valence electrons. The lowest BCUT2D eigenvalue weighted by Crippen LogP contribution is -2.41. The van der Waals surface area contributed by atoms with E-state index in [9.17, 15) is 9.59 Å². The third-order valence-electron chi connectivity index (χ3n) is 3.15. The van der Waals surface area contributed by atoms with Crippen molar-refractivity contribution in [3.63, 3.8) is 0 Å². The minimum Gasteiger partial charge on any atom is -0.341 e. The van der Waals surface area contributed by atoms with Gasteiger partial charge in [0, 0.05) is 7.05 Å². The first-order chi connectivity index (χ1) is 10.9. The molecule has 0 radical (unpaired) electrons. The van der Waals surface area contributed by atoms with E-state index in [4.69, 9.17) is 0 Å². The molecule has 2 aromatic rings. The third-order valence-corrected chi connectivity index (χ3v) is 4.18. The maximum absolute atomic E-state index is 11.9. The van der Waals surface area contributed by atoms with Crippen molar-refractivity contribution < 1.29 is 9.59 Å². The molecule has 0 unspecified atom stereocenters. The van der Waals surface area contributed by atoms with Gasteiger partial charge in [0.05, 0.1) is 10.9 Å². The van der Waals surface area contributed by atoms with Gasteiger partial charge in [-0.05, 0) is 48.4 Å². The van der Waals surface area contributed by atoms with Crippen LogP contribution in [0.5, 0.6) is 0 Å². The minimum atomic E-state index is -0.545. The Morgan fingerprint density at radius 2 is 2.04 bits per heavy atom. The Morgan fingerprint density at radius 3 is 2.74 bits per heavy atom. The SMILES string of the molecule is CNC(=O)NC(=O)[C@@H](C)Sc1nnnn1-c1cc(C)ccc1C. The molecule has 1 heterocycles. The van der Waals surface area contributed by atoms with E-state index in [0.717, 1.165) is 16.8 Å². The zero-order valence-corrected chi connectivity index (χ0v) is 14.1. The van der Waals surface area contributed by atoms with Gasteiger partial charge in [0.25, 0.3) is 0 Å². The number of urea groups is 1. The van der Waals surface area contributed by atoms with Crippen molar-refractivity contribution in [1.82, 2.24) is 30.8 Å². The number of benzene rings is 1. The predicted molar refractivity (Wildman–Crippen MR) is 86.5 cm³/mol. The van der Waals surface area contributed by atoms with Gasteiger partial charge in [-0.15, -0.1) is 5.10 Å². The summed E-state index contributed by atoms with van der Waals surface area (Å²) in [5.74, 6) is -0.412. The largest absolute Gasteiger partial charge is 0.341 e. The molecule has 0 aliphatic heterocycles. The standard InChI is InChI=1S/C14H18N6O2S/c1-8-5-6-9(2)11(7-8)20-14(17-18-19-20)23-10(3)12(21)16-13(22)15-4/h5-7,10H,1-4H3,(H2,15,16,21,22)/t10-/m1/s1. The predicted octanol–water partition coefficient (Wildman–Crippen LogP) is 1.22. The number of aromatic nitrogens is 4. The first-order valence-electron chi connectivity index (χ1n) is 6.97. The Kier molecular flexibility index (Phi) is 5.32. The molecule has 0 spiro atoms. The summed E-state index contributed by atoms with van der Waals surface area (Å²) in [7, 11) is 1.45. The molecule has 8 nitrogen and oxygen atoms in total. The monoisotopic (exact) mass is 334 g/mol. The number of tetrazole rings is 1. The molecule has 0 saturated carbocycles. The molecular weight excluding hydrogens is 316 g/mol. The van der Waals surface area contributed by atoms with Crippen molar-refractivity contribution in [3.8, 4) is 5.69 Å². The number of aryl methyl sites for hydroxylation is 2. The molecule has 0 aliphatic rings. The minimum absolute atomic E-state index is 0.412. The zero-order valence-electron chi connectivity index (χ0n) is 13.3. The Balaban J connectivity index is 2.20. The smallest absolute Gasteiger partial charge is 0.321 e. The Hall–Kier alpha value is -2.42. The molecular formula is C14H18N6O2S. The van der Waals surface area contributed by atoms with Gasteiger partial charge in [-0.3, -0.25) is 10.1 Å². The summed E-state index contributed by atoms with van der Waals surface area (Å²) in [4.78, 5) is 23.1. The fourth-order valence-corrected chi connectivity index (χ4v) is 2.64. The van der Waals surface area contributed by atoms with E-state index < -0.39 is 17.2 Å². The molecule has 9 heteroatoms. The number of amides is 3. The lowest BCUT2D eigenvalue weighted by atomic mass is 10.1. The second-order valence-corrected chi connectivity index (χ2v) is 6.30. The number of hydrogen-bond acceptors (Lipinski definition) is 6. The van der Waals surface area contributed by atoms with Crippen LogP contribution in [0.2, 0.25) is 0 Å². The van der Waals surface area contributed by atoms with Crippen LogP contribution in [0.1, 0.15) is 18.1 Å². The van der Waals surface area contributed by atoms with Crippen LogP contribution in [0.4, 0.5) is 4.79 Å². The van der Waals surface area contributed by atoms with Crippen molar-refractivity contribution in [2.45, 2.75) is 31.2 Å². The molecule has 0 aliphatic carbocycles. The molecule has 0 bridgehead atoms. The number of hydrogen-bond donors (Lipinski definition) is 2.